The molecule has 2 atom stereocenters. The Bertz CT molecular complexity index is 445. The Kier molecular flexibility index (Phi) is 3.75. The Morgan fingerprint density at radius 1 is 1.50 bits per heavy atom. The van der Waals surface area contributed by atoms with E-state index >= 15 is 0 Å². The van der Waals surface area contributed by atoms with Crippen molar-refractivity contribution in [3.8, 4) is 0 Å². The van der Waals surface area contributed by atoms with Gasteiger partial charge in [0.25, 0.3) is 0 Å². The molecule has 0 saturated heterocycles. The second kappa shape index (κ2) is 5.29. The van der Waals surface area contributed by atoms with Crippen LogP contribution in [0.25, 0.3) is 0 Å². The van der Waals surface area contributed by atoms with E-state index in [-0.39, 0.29) is 5.56 Å². The van der Waals surface area contributed by atoms with Crippen molar-refractivity contribution in [1.29, 1.82) is 0 Å². The summed E-state index contributed by atoms with van der Waals surface area (Å²) in [5.74, 6) is 0.424. The van der Waals surface area contributed by atoms with E-state index in [4.69, 9.17) is 10.8 Å². The Morgan fingerprint density at radius 3 is 2.89 bits per heavy atom. The van der Waals surface area contributed by atoms with Crippen LogP contribution in [0, 0.1) is 11.8 Å². The molecule has 4 N–H and O–H groups in total. The highest BCUT2D eigenvalue weighted by Crippen LogP contribution is 2.31. The van der Waals surface area contributed by atoms with Crippen molar-refractivity contribution in [1.82, 2.24) is 0 Å². The fourth-order valence-corrected chi connectivity index (χ4v) is 2.66. The summed E-state index contributed by atoms with van der Waals surface area (Å²) in [7, 11) is 0. The van der Waals surface area contributed by atoms with Crippen molar-refractivity contribution in [2.75, 3.05) is 17.6 Å². The molecular weight excluding hydrogens is 228 g/mol. The number of aromatic carboxylic acids is 1. The van der Waals surface area contributed by atoms with Crippen LogP contribution in [0.3, 0.4) is 0 Å². The smallest absolute Gasteiger partial charge is 0.337 e. The second-order valence-corrected chi connectivity index (χ2v) is 5.16. The van der Waals surface area contributed by atoms with Gasteiger partial charge in [-0.05, 0) is 36.5 Å². The lowest BCUT2D eigenvalue weighted by atomic mass is 9.98. The van der Waals surface area contributed by atoms with Crippen molar-refractivity contribution in [3.05, 3.63) is 23.8 Å². The summed E-state index contributed by atoms with van der Waals surface area (Å²) in [5.41, 5.74) is 7.01. The van der Waals surface area contributed by atoms with Gasteiger partial charge in [-0.25, -0.2) is 4.79 Å². The predicted molar refractivity (Wildman–Crippen MR) is 72.8 cm³/mol. The quantitative estimate of drug-likeness (QED) is 0.716. The summed E-state index contributed by atoms with van der Waals surface area (Å²) in [5, 5.41) is 12.4. The van der Waals surface area contributed by atoms with Gasteiger partial charge in [0.2, 0.25) is 0 Å². The van der Waals surface area contributed by atoms with Crippen molar-refractivity contribution in [2.45, 2.75) is 26.2 Å². The van der Waals surface area contributed by atoms with Crippen LogP contribution in [0.2, 0.25) is 0 Å². The molecule has 0 spiro atoms. The fraction of sp³-hybridized carbons (Fsp3) is 0.500. The first kappa shape index (κ1) is 12.7. The molecular formula is C14H20N2O2. The number of rotatable bonds is 4. The summed E-state index contributed by atoms with van der Waals surface area (Å²) >= 11 is 0. The van der Waals surface area contributed by atoms with Gasteiger partial charge in [-0.1, -0.05) is 19.8 Å². The van der Waals surface area contributed by atoms with E-state index in [0.717, 1.165) is 12.5 Å². The molecule has 0 bridgehead atoms. The summed E-state index contributed by atoms with van der Waals surface area (Å²) < 4.78 is 0. The third kappa shape index (κ3) is 2.75. The highest BCUT2D eigenvalue weighted by molar-refractivity contribution is 5.95. The molecule has 0 aromatic heterocycles. The largest absolute Gasteiger partial charge is 0.478 e. The van der Waals surface area contributed by atoms with Crippen LogP contribution in [0.15, 0.2) is 18.2 Å². The van der Waals surface area contributed by atoms with Gasteiger partial charge in [0.1, 0.15) is 0 Å². The molecule has 1 aliphatic rings. The summed E-state index contributed by atoms with van der Waals surface area (Å²) in [4.78, 5) is 11.1. The molecule has 1 aliphatic carbocycles. The van der Waals surface area contributed by atoms with E-state index < -0.39 is 5.97 Å². The average Bonchev–Trinajstić information content (AvgIpc) is 2.73. The molecule has 18 heavy (non-hydrogen) atoms. The van der Waals surface area contributed by atoms with Crippen molar-refractivity contribution >= 4 is 17.3 Å². The molecule has 1 aromatic rings. The van der Waals surface area contributed by atoms with Crippen LogP contribution in [-0.4, -0.2) is 17.6 Å². The Hall–Kier alpha value is -1.71. The molecule has 1 fully saturated rings. The first-order valence-electron chi connectivity index (χ1n) is 6.44. The minimum absolute atomic E-state index is 0.251. The van der Waals surface area contributed by atoms with Gasteiger partial charge in [0.05, 0.1) is 5.56 Å². The predicted octanol–water partition coefficient (Wildman–Crippen LogP) is 2.82. The minimum Gasteiger partial charge on any atom is -0.478 e. The van der Waals surface area contributed by atoms with E-state index in [9.17, 15) is 4.79 Å². The van der Waals surface area contributed by atoms with E-state index in [2.05, 4.69) is 12.2 Å². The van der Waals surface area contributed by atoms with Crippen LogP contribution in [0.1, 0.15) is 36.5 Å². The molecule has 0 radical (unpaired) electrons. The molecule has 0 amide bonds. The first-order valence-corrected chi connectivity index (χ1v) is 6.44. The zero-order valence-corrected chi connectivity index (χ0v) is 10.6. The molecule has 4 nitrogen and oxygen atoms in total. The van der Waals surface area contributed by atoms with E-state index in [1.54, 1.807) is 12.1 Å². The van der Waals surface area contributed by atoms with Gasteiger partial charge >= 0.3 is 5.97 Å². The monoisotopic (exact) mass is 248 g/mol. The number of nitrogens with one attached hydrogen (secondary N) is 1. The number of hydrogen-bond donors (Lipinski definition) is 3. The molecule has 0 heterocycles. The summed E-state index contributed by atoms with van der Waals surface area (Å²) in [6.45, 7) is 3.10. The Morgan fingerprint density at radius 2 is 2.28 bits per heavy atom. The molecule has 0 aliphatic heterocycles. The zero-order chi connectivity index (χ0) is 13.1. The van der Waals surface area contributed by atoms with E-state index in [1.165, 1.54) is 25.3 Å². The van der Waals surface area contributed by atoms with Crippen LogP contribution in [0.5, 0.6) is 0 Å². The number of nitrogen functional groups attached to an aromatic ring is 1. The zero-order valence-electron chi connectivity index (χ0n) is 10.6. The lowest BCUT2D eigenvalue weighted by Gasteiger charge is -2.18. The van der Waals surface area contributed by atoms with Crippen molar-refractivity contribution in [3.63, 3.8) is 0 Å². The SMILES string of the molecule is CC1CCCC1CNc1ccc(N)cc1C(=O)O. The second-order valence-electron chi connectivity index (χ2n) is 5.16. The van der Waals surface area contributed by atoms with E-state index in [1.807, 2.05) is 0 Å². The maximum absolute atomic E-state index is 11.1. The average molecular weight is 248 g/mol. The highest BCUT2D eigenvalue weighted by Gasteiger charge is 2.23. The van der Waals surface area contributed by atoms with E-state index in [0.29, 0.717) is 17.3 Å². The number of carboxylic acid groups (broad SMARTS) is 1. The highest BCUT2D eigenvalue weighted by atomic mass is 16.4. The number of benzene rings is 1. The van der Waals surface area contributed by atoms with Gasteiger partial charge in [-0.3, -0.25) is 0 Å². The topological polar surface area (TPSA) is 75.3 Å². The molecule has 98 valence electrons. The lowest BCUT2D eigenvalue weighted by Crippen LogP contribution is -2.18. The lowest BCUT2D eigenvalue weighted by molar-refractivity contribution is 0.0698. The summed E-state index contributed by atoms with van der Waals surface area (Å²) in [6.07, 6.45) is 3.78. The standard InChI is InChI=1S/C14H20N2O2/c1-9-3-2-4-10(9)8-16-13-6-5-11(15)7-12(13)14(17)18/h5-7,9-10,16H,2-4,8,15H2,1H3,(H,17,18). The van der Waals surface area contributed by atoms with Crippen LogP contribution >= 0.6 is 0 Å². The molecule has 1 saturated carbocycles. The number of anilines is 2. The van der Waals surface area contributed by atoms with Crippen LogP contribution in [0.4, 0.5) is 11.4 Å². The van der Waals surface area contributed by atoms with Gasteiger partial charge < -0.3 is 16.2 Å². The molecule has 1 aromatic carbocycles. The normalized spacial score (nSPS) is 22.9. The third-order valence-electron chi connectivity index (χ3n) is 3.87. The van der Waals surface area contributed by atoms with Crippen molar-refractivity contribution in [2.24, 2.45) is 11.8 Å². The maximum atomic E-state index is 11.1. The van der Waals surface area contributed by atoms with Crippen molar-refractivity contribution < 1.29 is 9.90 Å². The minimum atomic E-state index is -0.940. The number of carbonyl (C=O) groups is 1. The van der Waals surface area contributed by atoms with Gasteiger partial charge in [0.15, 0.2) is 0 Å². The molecule has 2 rings (SSSR count). The number of carboxylic acids is 1. The van der Waals surface area contributed by atoms with Gasteiger partial charge in [-0.15, -0.1) is 0 Å². The Balaban J connectivity index is 2.06. The fourth-order valence-electron chi connectivity index (χ4n) is 2.66. The number of nitrogens with two attached hydrogens (primary N) is 1. The third-order valence-corrected chi connectivity index (χ3v) is 3.87. The first-order chi connectivity index (χ1) is 8.58. The molecule has 4 heteroatoms. The van der Waals surface area contributed by atoms with Crippen LogP contribution in [-0.2, 0) is 0 Å². The Labute approximate surface area is 107 Å². The van der Waals surface area contributed by atoms with Gasteiger partial charge in [-0.2, -0.15) is 0 Å². The number of hydrogen-bond acceptors (Lipinski definition) is 3. The molecule has 2 unspecified atom stereocenters. The van der Waals surface area contributed by atoms with Gasteiger partial charge in [0, 0.05) is 17.9 Å². The van der Waals surface area contributed by atoms with Crippen LogP contribution < -0.4 is 11.1 Å². The maximum Gasteiger partial charge on any atom is 0.337 e. The summed E-state index contributed by atoms with van der Waals surface area (Å²) in [6, 6.07) is 4.98.